The van der Waals surface area contributed by atoms with Crippen molar-refractivity contribution in [2.45, 2.75) is 19.8 Å². The number of benzene rings is 2. The molecule has 0 amide bonds. The SMILES string of the molecule is CC(C)c1ccc2cc(Oc3ccccc3)ncc2c1. The van der Waals surface area contributed by atoms with Crippen LogP contribution in [0.5, 0.6) is 11.6 Å². The van der Waals surface area contributed by atoms with Crippen molar-refractivity contribution in [1.82, 2.24) is 4.98 Å². The lowest BCUT2D eigenvalue weighted by molar-refractivity contribution is 0.464. The smallest absolute Gasteiger partial charge is 0.219 e. The van der Waals surface area contributed by atoms with Crippen molar-refractivity contribution in [1.29, 1.82) is 0 Å². The van der Waals surface area contributed by atoms with Crippen LogP contribution in [-0.4, -0.2) is 4.98 Å². The average molecular weight is 263 g/mol. The van der Waals surface area contributed by atoms with Crippen LogP contribution < -0.4 is 4.74 Å². The summed E-state index contributed by atoms with van der Waals surface area (Å²) < 4.78 is 5.75. The van der Waals surface area contributed by atoms with Crippen LogP contribution in [0.1, 0.15) is 25.3 Å². The fourth-order valence-corrected chi connectivity index (χ4v) is 2.16. The zero-order valence-electron chi connectivity index (χ0n) is 11.7. The third-order valence-corrected chi connectivity index (χ3v) is 3.35. The maximum absolute atomic E-state index is 5.75. The first-order valence-corrected chi connectivity index (χ1v) is 6.85. The molecule has 3 rings (SSSR count). The summed E-state index contributed by atoms with van der Waals surface area (Å²) in [5, 5.41) is 2.30. The van der Waals surface area contributed by atoms with Crippen molar-refractivity contribution < 1.29 is 4.74 Å². The van der Waals surface area contributed by atoms with Gasteiger partial charge in [-0.05, 0) is 35.1 Å². The molecule has 3 aromatic rings. The monoisotopic (exact) mass is 263 g/mol. The fraction of sp³-hybridized carbons (Fsp3) is 0.167. The van der Waals surface area contributed by atoms with E-state index >= 15 is 0 Å². The second-order valence-corrected chi connectivity index (χ2v) is 5.20. The number of aromatic nitrogens is 1. The molecule has 0 saturated heterocycles. The predicted molar refractivity (Wildman–Crippen MR) is 82.3 cm³/mol. The first kappa shape index (κ1) is 12.7. The van der Waals surface area contributed by atoms with E-state index in [1.54, 1.807) is 0 Å². The van der Waals surface area contributed by atoms with Gasteiger partial charge in [0.15, 0.2) is 0 Å². The van der Waals surface area contributed by atoms with Crippen LogP contribution in [0.2, 0.25) is 0 Å². The summed E-state index contributed by atoms with van der Waals surface area (Å²) in [6, 6.07) is 18.2. The Labute approximate surface area is 119 Å². The van der Waals surface area contributed by atoms with Crippen LogP contribution in [0.3, 0.4) is 0 Å². The molecule has 2 nitrogen and oxygen atoms in total. The second-order valence-electron chi connectivity index (χ2n) is 5.20. The van der Waals surface area contributed by atoms with E-state index < -0.39 is 0 Å². The van der Waals surface area contributed by atoms with Gasteiger partial charge < -0.3 is 4.74 Å². The minimum absolute atomic E-state index is 0.527. The van der Waals surface area contributed by atoms with E-state index in [1.807, 2.05) is 42.6 Å². The topological polar surface area (TPSA) is 22.1 Å². The third-order valence-electron chi connectivity index (χ3n) is 3.35. The van der Waals surface area contributed by atoms with Gasteiger partial charge >= 0.3 is 0 Å². The lowest BCUT2D eigenvalue weighted by atomic mass is 10.0. The summed E-state index contributed by atoms with van der Waals surface area (Å²) in [5.74, 6) is 1.96. The summed E-state index contributed by atoms with van der Waals surface area (Å²) in [4.78, 5) is 4.38. The number of ether oxygens (including phenoxy) is 1. The van der Waals surface area contributed by atoms with E-state index in [4.69, 9.17) is 4.74 Å². The van der Waals surface area contributed by atoms with Crippen molar-refractivity contribution >= 4 is 10.8 Å². The second kappa shape index (κ2) is 5.33. The van der Waals surface area contributed by atoms with Crippen LogP contribution in [0.15, 0.2) is 60.8 Å². The molecule has 0 aliphatic carbocycles. The highest BCUT2D eigenvalue weighted by Gasteiger charge is 2.04. The Kier molecular flexibility index (Phi) is 3.38. The Morgan fingerprint density at radius 3 is 2.45 bits per heavy atom. The van der Waals surface area contributed by atoms with Crippen LogP contribution in [-0.2, 0) is 0 Å². The van der Waals surface area contributed by atoms with Gasteiger partial charge in [-0.3, -0.25) is 0 Å². The molecule has 2 heteroatoms. The Morgan fingerprint density at radius 2 is 1.70 bits per heavy atom. The van der Waals surface area contributed by atoms with Crippen molar-refractivity contribution in [2.75, 3.05) is 0 Å². The molecule has 1 aromatic heterocycles. The average Bonchev–Trinajstić information content (AvgIpc) is 2.47. The lowest BCUT2D eigenvalue weighted by Crippen LogP contribution is -1.90. The van der Waals surface area contributed by atoms with Crippen molar-refractivity contribution in [2.24, 2.45) is 0 Å². The quantitative estimate of drug-likeness (QED) is 0.652. The van der Waals surface area contributed by atoms with Gasteiger partial charge in [0.1, 0.15) is 5.75 Å². The molecule has 0 radical (unpaired) electrons. The molecular formula is C18H17NO. The molecule has 2 aromatic carbocycles. The highest BCUT2D eigenvalue weighted by molar-refractivity contribution is 5.83. The van der Waals surface area contributed by atoms with Gasteiger partial charge in [0.2, 0.25) is 5.88 Å². The molecule has 0 fully saturated rings. The summed E-state index contributed by atoms with van der Waals surface area (Å²) >= 11 is 0. The largest absolute Gasteiger partial charge is 0.439 e. The number of hydrogen-bond acceptors (Lipinski definition) is 2. The molecule has 0 atom stereocenters. The lowest BCUT2D eigenvalue weighted by Gasteiger charge is -2.08. The highest BCUT2D eigenvalue weighted by Crippen LogP contribution is 2.25. The maximum atomic E-state index is 5.75. The molecule has 20 heavy (non-hydrogen) atoms. The van der Waals surface area contributed by atoms with E-state index in [-0.39, 0.29) is 0 Å². The number of hydrogen-bond donors (Lipinski definition) is 0. The van der Waals surface area contributed by atoms with Crippen LogP contribution in [0.25, 0.3) is 10.8 Å². The first-order chi connectivity index (χ1) is 9.72. The summed E-state index contributed by atoms with van der Waals surface area (Å²) in [6.45, 7) is 4.39. The van der Waals surface area contributed by atoms with Crippen LogP contribution in [0, 0.1) is 0 Å². The van der Waals surface area contributed by atoms with Gasteiger partial charge in [0.05, 0.1) is 0 Å². The molecule has 0 bridgehead atoms. The zero-order valence-corrected chi connectivity index (χ0v) is 11.7. The number of nitrogens with zero attached hydrogens (tertiary/aromatic N) is 1. The van der Waals surface area contributed by atoms with Crippen molar-refractivity contribution in [3.05, 3.63) is 66.4 Å². The zero-order chi connectivity index (χ0) is 13.9. The van der Waals surface area contributed by atoms with Crippen molar-refractivity contribution in [3.63, 3.8) is 0 Å². The Hall–Kier alpha value is -2.35. The molecule has 0 aliphatic rings. The molecule has 0 aliphatic heterocycles. The standard InChI is InChI=1S/C18H17NO/c1-13(2)14-8-9-15-11-18(19-12-16(15)10-14)20-17-6-4-3-5-7-17/h3-13H,1-2H3. The Morgan fingerprint density at radius 1 is 0.900 bits per heavy atom. The van der Waals surface area contributed by atoms with Crippen LogP contribution >= 0.6 is 0 Å². The van der Waals surface area contributed by atoms with Crippen LogP contribution in [0.4, 0.5) is 0 Å². The third kappa shape index (κ3) is 2.64. The predicted octanol–water partition coefficient (Wildman–Crippen LogP) is 5.15. The van der Waals surface area contributed by atoms with Gasteiger partial charge in [0.25, 0.3) is 0 Å². The van der Waals surface area contributed by atoms with E-state index in [0.717, 1.165) is 16.5 Å². The number of para-hydroxylation sites is 1. The van der Waals surface area contributed by atoms with Crippen molar-refractivity contribution in [3.8, 4) is 11.6 Å². The van der Waals surface area contributed by atoms with Gasteiger partial charge in [-0.25, -0.2) is 4.98 Å². The summed E-state index contributed by atoms with van der Waals surface area (Å²) in [5.41, 5.74) is 1.33. The van der Waals surface area contributed by atoms with Gasteiger partial charge in [-0.1, -0.05) is 44.2 Å². The minimum atomic E-state index is 0.527. The van der Waals surface area contributed by atoms with E-state index in [1.165, 1.54) is 5.56 Å². The van der Waals surface area contributed by atoms with E-state index in [9.17, 15) is 0 Å². The van der Waals surface area contributed by atoms with Gasteiger partial charge in [-0.2, -0.15) is 0 Å². The number of fused-ring (bicyclic) bond motifs is 1. The Bertz CT molecular complexity index is 720. The fourth-order valence-electron chi connectivity index (χ4n) is 2.16. The number of pyridine rings is 1. The van der Waals surface area contributed by atoms with Gasteiger partial charge in [0, 0.05) is 17.6 Å². The summed E-state index contributed by atoms with van der Waals surface area (Å²) in [7, 11) is 0. The molecule has 100 valence electrons. The normalized spacial score (nSPS) is 10.9. The minimum Gasteiger partial charge on any atom is -0.439 e. The molecule has 1 heterocycles. The molecular weight excluding hydrogens is 246 g/mol. The molecule has 0 unspecified atom stereocenters. The first-order valence-electron chi connectivity index (χ1n) is 6.85. The Balaban J connectivity index is 1.93. The summed E-state index contributed by atoms with van der Waals surface area (Å²) in [6.07, 6.45) is 1.87. The maximum Gasteiger partial charge on any atom is 0.219 e. The van der Waals surface area contributed by atoms with E-state index in [2.05, 4.69) is 37.0 Å². The highest BCUT2D eigenvalue weighted by atomic mass is 16.5. The van der Waals surface area contributed by atoms with Gasteiger partial charge in [-0.15, -0.1) is 0 Å². The molecule has 0 saturated carbocycles. The molecule has 0 spiro atoms. The number of rotatable bonds is 3. The molecule has 0 N–H and O–H groups in total. The van der Waals surface area contributed by atoms with E-state index in [0.29, 0.717) is 11.8 Å².